The molecule has 1 atom stereocenters. The Balaban J connectivity index is 1.89. The number of hydrogen-bond donors (Lipinski definition) is 3. The molecule has 2 rings (SSSR count). The molecule has 1 aliphatic heterocycles. The van der Waals surface area contributed by atoms with Crippen molar-refractivity contribution in [3.8, 4) is 0 Å². The van der Waals surface area contributed by atoms with Gasteiger partial charge in [0.25, 0.3) is 0 Å². The van der Waals surface area contributed by atoms with Crippen LogP contribution in [0.1, 0.15) is 18.9 Å². The number of hydrazone groups is 1. The summed E-state index contributed by atoms with van der Waals surface area (Å²) in [5.41, 5.74) is 3.30. The first kappa shape index (κ1) is 15.7. The van der Waals surface area contributed by atoms with Crippen molar-refractivity contribution in [1.29, 1.82) is 0 Å². The molecule has 0 saturated carbocycles. The summed E-state index contributed by atoms with van der Waals surface area (Å²) < 4.78 is 0. The number of amides is 1. The van der Waals surface area contributed by atoms with Crippen molar-refractivity contribution >= 4 is 41.5 Å². The van der Waals surface area contributed by atoms with Crippen molar-refractivity contribution in [2.24, 2.45) is 10.1 Å². The summed E-state index contributed by atoms with van der Waals surface area (Å²) in [6.45, 7) is 1.93. The van der Waals surface area contributed by atoms with E-state index in [1.54, 1.807) is 36.0 Å². The lowest BCUT2D eigenvalue weighted by Crippen LogP contribution is -2.33. The average molecular weight is 305 g/mol. The highest BCUT2D eigenvalue weighted by atomic mass is 32.2. The van der Waals surface area contributed by atoms with E-state index in [1.165, 1.54) is 6.21 Å². The molecule has 1 aromatic carbocycles. The van der Waals surface area contributed by atoms with Gasteiger partial charge in [0.2, 0.25) is 5.91 Å². The fourth-order valence-electron chi connectivity index (χ4n) is 1.95. The van der Waals surface area contributed by atoms with E-state index in [0.29, 0.717) is 17.4 Å². The van der Waals surface area contributed by atoms with Gasteiger partial charge in [-0.05, 0) is 17.9 Å². The second-order valence-electron chi connectivity index (χ2n) is 4.61. The molecule has 6 nitrogen and oxygen atoms in total. The van der Waals surface area contributed by atoms with Crippen LogP contribution < -0.4 is 10.9 Å². The summed E-state index contributed by atoms with van der Waals surface area (Å²) in [7, 11) is -1.57. The summed E-state index contributed by atoms with van der Waals surface area (Å²) >= 11 is 1.65. The van der Waals surface area contributed by atoms with Crippen LogP contribution in [0.25, 0.3) is 0 Å². The molecule has 1 aliphatic rings. The summed E-state index contributed by atoms with van der Waals surface area (Å²) in [5.74, 6) is 0.611. The molecule has 0 saturated heterocycles. The number of aliphatic imine (C=N–C) groups is 1. The summed E-state index contributed by atoms with van der Waals surface area (Å²) in [4.78, 5) is 16.0. The van der Waals surface area contributed by atoms with E-state index < -0.39 is 7.12 Å². The second kappa shape index (κ2) is 7.40. The molecule has 3 N–H and O–H groups in total. The maximum atomic E-state index is 11.7. The Morgan fingerprint density at radius 1 is 1.57 bits per heavy atom. The molecule has 1 aromatic rings. The van der Waals surface area contributed by atoms with Gasteiger partial charge in [-0.15, -0.1) is 11.8 Å². The lowest BCUT2D eigenvalue weighted by molar-refractivity contribution is -0.121. The van der Waals surface area contributed by atoms with Gasteiger partial charge in [0, 0.05) is 5.75 Å². The van der Waals surface area contributed by atoms with Gasteiger partial charge in [-0.1, -0.05) is 24.3 Å². The standard InChI is InChI=1S/C13H16BN3O3S/c1-9-16-11(8-21-9)6-13(18)17-15-7-10-4-2-3-5-12(10)14(19)20/h2-5,7,11,19-20H,6,8H2,1H3,(H,17,18)/b15-7+. The SMILES string of the molecule is CC1=NC(CC(=O)N/N=C/c2ccccc2B(O)O)CS1. The van der Waals surface area contributed by atoms with E-state index in [0.717, 1.165) is 10.8 Å². The van der Waals surface area contributed by atoms with E-state index >= 15 is 0 Å². The Morgan fingerprint density at radius 2 is 2.33 bits per heavy atom. The van der Waals surface area contributed by atoms with Gasteiger partial charge < -0.3 is 10.0 Å². The fraction of sp³-hybridized carbons (Fsp3) is 0.308. The molecule has 1 amide bonds. The van der Waals surface area contributed by atoms with Gasteiger partial charge in [0.1, 0.15) is 0 Å². The van der Waals surface area contributed by atoms with Crippen molar-refractivity contribution in [3.63, 3.8) is 0 Å². The maximum Gasteiger partial charge on any atom is 0.489 e. The molecule has 1 unspecified atom stereocenters. The lowest BCUT2D eigenvalue weighted by atomic mass is 9.77. The normalized spacial score (nSPS) is 17.9. The number of nitrogens with one attached hydrogen (secondary N) is 1. The zero-order chi connectivity index (χ0) is 15.2. The largest absolute Gasteiger partial charge is 0.489 e. The van der Waals surface area contributed by atoms with Crippen molar-refractivity contribution in [2.45, 2.75) is 19.4 Å². The van der Waals surface area contributed by atoms with Gasteiger partial charge in [0.05, 0.1) is 23.7 Å². The van der Waals surface area contributed by atoms with Gasteiger partial charge in [-0.2, -0.15) is 5.10 Å². The van der Waals surface area contributed by atoms with Gasteiger partial charge in [0.15, 0.2) is 0 Å². The van der Waals surface area contributed by atoms with E-state index in [9.17, 15) is 14.8 Å². The fourth-order valence-corrected chi connectivity index (χ4v) is 2.80. The maximum absolute atomic E-state index is 11.7. The minimum atomic E-state index is -1.57. The Kier molecular flexibility index (Phi) is 5.55. The van der Waals surface area contributed by atoms with Crippen LogP contribution in [0, 0.1) is 0 Å². The molecule has 0 fully saturated rings. The van der Waals surface area contributed by atoms with E-state index in [1.807, 2.05) is 6.92 Å². The predicted octanol–water partition coefficient (Wildman–Crippen LogP) is -0.260. The smallest absolute Gasteiger partial charge is 0.423 e. The number of thioether (sulfide) groups is 1. The molecular weight excluding hydrogens is 289 g/mol. The minimum Gasteiger partial charge on any atom is -0.423 e. The minimum absolute atomic E-state index is 0.0109. The van der Waals surface area contributed by atoms with Crippen LogP contribution in [-0.2, 0) is 4.79 Å². The Morgan fingerprint density at radius 3 is 3.00 bits per heavy atom. The monoisotopic (exact) mass is 305 g/mol. The zero-order valence-electron chi connectivity index (χ0n) is 11.6. The number of hydrogen-bond acceptors (Lipinski definition) is 6. The number of carbonyl (C=O) groups is 1. The molecule has 110 valence electrons. The van der Waals surface area contributed by atoms with Crippen molar-refractivity contribution in [3.05, 3.63) is 29.8 Å². The van der Waals surface area contributed by atoms with Crippen LogP contribution in [0.2, 0.25) is 0 Å². The van der Waals surface area contributed by atoms with Crippen LogP contribution in [0.5, 0.6) is 0 Å². The third kappa shape index (κ3) is 4.70. The molecule has 0 spiro atoms. The first-order valence-electron chi connectivity index (χ1n) is 6.50. The first-order valence-corrected chi connectivity index (χ1v) is 7.49. The lowest BCUT2D eigenvalue weighted by Gasteiger charge is -2.05. The predicted molar refractivity (Wildman–Crippen MR) is 86.0 cm³/mol. The Labute approximate surface area is 127 Å². The van der Waals surface area contributed by atoms with E-state index in [4.69, 9.17) is 0 Å². The summed E-state index contributed by atoms with van der Waals surface area (Å²) in [5, 5.41) is 23.3. The molecule has 0 aromatic heterocycles. The van der Waals surface area contributed by atoms with Crippen molar-refractivity contribution in [2.75, 3.05) is 5.75 Å². The van der Waals surface area contributed by atoms with Crippen LogP contribution in [0.3, 0.4) is 0 Å². The van der Waals surface area contributed by atoms with E-state index in [2.05, 4.69) is 15.5 Å². The molecule has 0 radical (unpaired) electrons. The molecular formula is C13H16BN3O3S. The highest BCUT2D eigenvalue weighted by Crippen LogP contribution is 2.19. The Hall–Kier alpha value is -1.64. The van der Waals surface area contributed by atoms with Crippen LogP contribution in [0.15, 0.2) is 34.4 Å². The molecule has 0 aliphatic carbocycles. The quantitative estimate of drug-likeness (QED) is 0.397. The summed E-state index contributed by atoms with van der Waals surface area (Å²) in [6, 6.07) is 6.73. The number of nitrogens with zero attached hydrogens (tertiary/aromatic N) is 2. The zero-order valence-corrected chi connectivity index (χ0v) is 12.4. The molecule has 8 heteroatoms. The van der Waals surface area contributed by atoms with Crippen molar-refractivity contribution in [1.82, 2.24) is 5.43 Å². The van der Waals surface area contributed by atoms with Crippen LogP contribution >= 0.6 is 11.8 Å². The third-order valence-corrected chi connectivity index (χ3v) is 4.01. The van der Waals surface area contributed by atoms with Crippen LogP contribution in [-0.4, -0.2) is 46.1 Å². The first-order chi connectivity index (χ1) is 10.1. The highest BCUT2D eigenvalue weighted by Gasteiger charge is 2.18. The third-order valence-electron chi connectivity index (χ3n) is 2.94. The number of carbonyl (C=O) groups excluding carboxylic acids is 1. The van der Waals surface area contributed by atoms with Gasteiger partial charge in [-0.25, -0.2) is 5.43 Å². The van der Waals surface area contributed by atoms with Crippen molar-refractivity contribution < 1.29 is 14.8 Å². The topological polar surface area (TPSA) is 94.3 Å². The molecule has 1 heterocycles. The van der Waals surface area contributed by atoms with E-state index in [-0.39, 0.29) is 11.9 Å². The average Bonchev–Trinajstić information content (AvgIpc) is 2.84. The summed E-state index contributed by atoms with van der Waals surface area (Å²) in [6.07, 6.45) is 1.69. The highest BCUT2D eigenvalue weighted by molar-refractivity contribution is 8.14. The van der Waals surface area contributed by atoms with Crippen LogP contribution in [0.4, 0.5) is 0 Å². The molecule has 21 heavy (non-hydrogen) atoms. The number of benzene rings is 1. The molecule has 0 bridgehead atoms. The number of rotatable bonds is 5. The Bertz CT molecular complexity index is 578. The van der Waals surface area contributed by atoms with Gasteiger partial charge in [-0.3, -0.25) is 9.79 Å². The van der Waals surface area contributed by atoms with Gasteiger partial charge >= 0.3 is 7.12 Å². The second-order valence-corrected chi connectivity index (χ2v) is 5.83.